The van der Waals surface area contributed by atoms with Gasteiger partial charge in [-0.3, -0.25) is 9.18 Å². The van der Waals surface area contributed by atoms with E-state index in [1.807, 2.05) is 0 Å². The molecule has 1 aromatic rings. The van der Waals surface area contributed by atoms with Crippen molar-refractivity contribution in [2.24, 2.45) is 17.1 Å². The first-order valence-electron chi connectivity index (χ1n) is 11.7. The van der Waals surface area contributed by atoms with Crippen molar-refractivity contribution in [1.82, 2.24) is 5.32 Å². The summed E-state index contributed by atoms with van der Waals surface area (Å²) < 4.78 is 14.3. The molecule has 3 fully saturated rings. The Morgan fingerprint density at radius 1 is 1.10 bits per heavy atom. The monoisotopic (exact) mass is 400 g/mol. The normalized spacial score (nSPS) is 37.1. The number of benzene rings is 1. The van der Waals surface area contributed by atoms with Crippen molar-refractivity contribution in [3.05, 3.63) is 35.9 Å². The van der Waals surface area contributed by atoms with Gasteiger partial charge in [-0.05, 0) is 86.5 Å². The van der Waals surface area contributed by atoms with Crippen molar-refractivity contribution in [2.75, 3.05) is 6.67 Å². The lowest BCUT2D eigenvalue weighted by Crippen LogP contribution is -2.48. The number of fused-ring (bicyclic) bond motifs is 2. The zero-order chi connectivity index (χ0) is 20.3. The molecule has 160 valence electrons. The fourth-order valence-electron chi connectivity index (χ4n) is 6.71. The molecule has 0 radical (unpaired) electrons. The quantitative estimate of drug-likeness (QED) is 0.704. The van der Waals surface area contributed by atoms with Crippen LogP contribution in [0, 0.1) is 11.3 Å². The van der Waals surface area contributed by atoms with Crippen LogP contribution in [0.3, 0.4) is 0 Å². The number of hydrogen-bond acceptors (Lipinski definition) is 2. The van der Waals surface area contributed by atoms with Crippen molar-refractivity contribution in [3.63, 3.8) is 0 Å². The predicted molar refractivity (Wildman–Crippen MR) is 115 cm³/mol. The number of carbonyl (C=O) groups is 1. The molecule has 1 amide bonds. The van der Waals surface area contributed by atoms with Crippen LogP contribution < -0.4 is 11.1 Å². The molecule has 3 aliphatic carbocycles. The van der Waals surface area contributed by atoms with Gasteiger partial charge in [-0.15, -0.1) is 0 Å². The molecule has 0 spiro atoms. The molecule has 0 heterocycles. The Labute approximate surface area is 175 Å². The summed E-state index contributed by atoms with van der Waals surface area (Å²) in [6.07, 6.45) is 11.8. The van der Waals surface area contributed by atoms with Crippen molar-refractivity contribution in [1.29, 1.82) is 0 Å². The van der Waals surface area contributed by atoms with Crippen molar-refractivity contribution in [2.45, 2.75) is 94.5 Å². The highest BCUT2D eigenvalue weighted by Gasteiger charge is 2.51. The highest BCUT2D eigenvalue weighted by atomic mass is 19.1. The molecule has 1 unspecified atom stereocenters. The van der Waals surface area contributed by atoms with Gasteiger partial charge in [0.2, 0.25) is 5.91 Å². The van der Waals surface area contributed by atoms with E-state index in [1.54, 1.807) is 0 Å². The van der Waals surface area contributed by atoms with Crippen molar-refractivity contribution >= 4 is 5.91 Å². The largest absolute Gasteiger partial charge is 0.353 e. The fourth-order valence-corrected chi connectivity index (χ4v) is 6.71. The topological polar surface area (TPSA) is 55.1 Å². The zero-order valence-electron chi connectivity index (χ0n) is 17.7. The molecule has 0 aliphatic heterocycles. The third-order valence-electron chi connectivity index (χ3n) is 8.06. The van der Waals surface area contributed by atoms with Gasteiger partial charge in [-0.25, -0.2) is 0 Å². The van der Waals surface area contributed by atoms with E-state index in [1.165, 1.54) is 5.56 Å². The maximum absolute atomic E-state index is 14.3. The maximum atomic E-state index is 14.3. The minimum Gasteiger partial charge on any atom is -0.353 e. The molecule has 4 heteroatoms. The van der Waals surface area contributed by atoms with Crippen LogP contribution in [-0.2, 0) is 10.2 Å². The van der Waals surface area contributed by atoms with Gasteiger partial charge < -0.3 is 11.1 Å². The SMILES string of the molecule is NC1CCC(NC(=O)CCC2C[C@@]3(CF)CCC[C@@](c4ccccc4)(C2)C3)CC1. The number of nitrogens with one attached hydrogen (secondary N) is 1. The molecule has 1 aromatic carbocycles. The molecule has 3 saturated carbocycles. The van der Waals surface area contributed by atoms with E-state index < -0.39 is 0 Å². The molecular weight excluding hydrogens is 363 g/mol. The zero-order valence-corrected chi connectivity index (χ0v) is 17.7. The third-order valence-corrected chi connectivity index (χ3v) is 8.06. The molecule has 29 heavy (non-hydrogen) atoms. The summed E-state index contributed by atoms with van der Waals surface area (Å²) in [5.74, 6) is 0.606. The van der Waals surface area contributed by atoms with Crippen molar-refractivity contribution in [3.8, 4) is 0 Å². The summed E-state index contributed by atoms with van der Waals surface area (Å²) in [7, 11) is 0. The number of halogens is 1. The van der Waals surface area contributed by atoms with E-state index in [0.29, 0.717) is 24.4 Å². The van der Waals surface area contributed by atoms with Crippen molar-refractivity contribution < 1.29 is 9.18 Å². The Bertz CT molecular complexity index is 687. The Balaban J connectivity index is 1.39. The molecule has 0 saturated heterocycles. The maximum Gasteiger partial charge on any atom is 0.220 e. The second-order valence-electron chi connectivity index (χ2n) is 10.3. The average molecular weight is 401 g/mol. The molecule has 0 aromatic heterocycles. The molecule has 3 nitrogen and oxygen atoms in total. The Kier molecular flexibility index (Phi) is 6.29. The lowest BCUT2D eigenvalue weighted by Gasteiger charge is -2.54. The smallest absolute Gasteiger partial charge is 0.220 e. The summed E-state index contributed by atoms with van der Waals surface area (Å²) in [5.41, 5.74) is 7.28. The van der Waals surface area contributed by atoms with Gasteiger partial charge in [0.25, 0.3) is 0 Å². The number of rotatable bonds is 6. The van der Waals surface area contributed by atoms with Gasteiger partial charge in [0.1, 0.15) is 0 Å². The van der Waals surface area contributed by atoms with Crippen LogP contribution in [0.2, 0.25) is 0 Å². The molecule has 3 N–H and O–H groups in total. The Morgan fingerprint density at radius 2 is 1.86 bits per heavy atom. The van der Waals surface area contributed by atoms with Gasteiger partial charge in [0.15, 0.2) is 0 Å². The summed E-state index contributed by atoms with van der Waals surface area (Å²) in [6.45, 7) is -0.216. The fraction of sp³-hybridized carbons (Fsp3) is 0.720. The minimum atomic E-state index is -0.216. The van der Waals surface area contributed by atoms with Gasteiger partial charge in [0, 0.05) is 18.5 Å². The third kappa shape index (κ3) is 4.68. The lowest BCUT2D eigenvalue weighted by molar-refractivity contribution is -0.122. The lowest BCUT2D eigenvalue weighted by atomic mass is 9.50. The molecule has 3 aliphatic rings. The average Bonchev–Trinajstić information content (AvgIpc) is 2.74. The second kappa shape index (κ2) is 8.75. The molecule has 4 rings (SSSR count). The van der Waals surface area contributed by atoms with Gasteiger partial charge in [-0.2, -0.15) is 0 Å². The first kappa shape index (κ1) is 20.8. The minimum absolute atomic E-state index is 0.102. The van der Waals surface area contributed by atoms with E-state index in [9.17, 15) is 9.18 Å². The van der Waals surface area contributed by atoms with Crippen LogP contribution in [0.25, 0.3) is 0 Å². The van der Waals surface area contributed by atoms with Gasteiger partial charge in [0.05, 0.1) is 6.67 Å². The molecular formula is C25H37FN2O. The Morgan fingerprint density at radius 3 is 2.59 bits per heavy atom. The summed E-state index contributed by atoms with van der Waals surface area (Å²) >= 11 is 0. The van der Waals surface area contributed by atoms with Crippen LogP contribution in [0.5, 0.6) is 0 Å². The number of nitrogens with two attached hydrogens (primary N) is 1. The van der Waals surface area contributed by atoms with Crippen LogP contribution in [0.4, 0.5) is 4.39 Å². The Hall–Kier alpha value is -1.42. The number of alkyl halides is 1. The van der Waals surface area contributed by atoms with Gasteiger partial charge >= 0.3 is 0 Å². The molecule has 2 bridgehead atoms. The van der Waals surface area contributed by atoms with E-state index >= 15 is 0 Å². The van der Waals surface area contributed by atoms with Gasteiger partial charge in [-0.1, -0.05) is 36.8 Å². The number of amides is 1. The van der Waals surface area contributed by atoms with E-state index in [2.05, 4.69) is 35.6 Å². The van der Waals surface area contributed by atoms with E-state index in [0.717, 1.165) is 70.6 Å². The highest BCUT2D eigenvalue weighted by molar-refractivity contribution is 5.76. The standard InChI is InChI=1S/C25H37FN2O/c26-18-24-13-4-14-25(17-24,20-5-2-1-3-6-20)16-19(15-24)7-12-23(29)28-22-10-8-21(27)9-11-22/h1-3,5-6,19,21-22H,4,7-18,27H2,(H,28,29)/t19?,21?,22?,24-,25+/m0/s1. The van der Waals surface area contributed by atoms with E-state index in [-0.39, 0.29) is 23.4 Å². The van der Waals surface area contributed by atoms with Crippen LogP contribution in [0.15, 0.2) is 30.3 Å². The van der Waals surface area contributed by atoms with Crippen LogP contribution in [-0.4, -0.2) is 24.7 Å². The summed E-state index contributed by atoms with van der Waals surface area (Å²) in [5, 5.41) is 3.23. The van der Waals surface area contributed by atoms with E-state index in [4.69, 9.17) is 5.73 Å². The van der Waals surface area contributed by atoms with Crippen LogP contribution in [0.1, 0.15) is 82.6 Å². The summed E-state index contributed by atoms with van der Waals surface area (Å²) in [6, 6.07) is 11.4. The number of hydrogen-bond donors (Lipinski definition) is 2. The number of carbonyl (C=O) groups excluding carboxylic acids is 1. The summed E-state index contributed by atoms with van der Waals surface area (Å²) in [4.78, 5) is 12.6. The highest BCUT2D eigenvalue weighted by Crippen LogP contribution is 2.59. The van der Waals surface area contributed by atoms with Crippen LogP contribution >= 0.6 is 0 Å². The first-order chi connectivity index (χ1) is 14.0. The molecule has 3 atom stereocenters. The second-order valence-corrected chi connectivity index (χ2v) is 10.3. The predicted octanol–water partition coefficient (Wildman–Crippen LogP) is 5.03. The first-order valence-corrected chi connectivity index (χ1v) is 11.7.